The number of nitrogens with zero attached hydrogens (tertiary/aromatic N) is 2. The Labute approximate surface area is 138 Å². The Balaban J connectivity index is 1.83. The van der Waals surface area contributed by atoms with Crippen molar-refractivity contribution in [2.24, 2.45) is 5.92 Å². The zero-order valence-corrected chi connectivity index (χ0v) is 13.6. The fourth-order valence-electron chi connectivity index (χ4n) is 2.85. The molecule has 0 bridgehead atoms. The standard InChI is InChI=1S/C17H18N2O3S/c1-11-7-8-19(14(9-11)17(21)22)16(20)13-10-23-15(18-13)12-5-3-2-4-6-12/h2-6,10-11,14H,7-9H2,1H3,(H,21,22). The molecule has 1 aromatic heterocycles. The van der Waals surface area contributed by atoms with Crippen LogP contribution in [-0.2, 0) is 4.79 Å². The van der Waals surface area contributed by atoms with Crippen LogP contribution < -0.4 is 0 Å². The van der Waals surface area contributed by atoms with E-state index in [1.165, 1.54) is 16.2 Å². The van der Waals surface area contributed by atoms with Gasteiger partial charge in [0.1, 0.15) is 16.7 Å². The molecule has 2 unspecified atom stereocenters. The first kappa shape index (κ1) is 15.7. The smallest absolute Gasteiger partial charge is 0.326 e. The second-order valence-electron chi connectivity index (χ2n) is 5.89. The Kier molecular flexibility index (Phi) is 4.43. The zero-order chi connectivity index (χ0) is 16.4. The fraction of sp³-hybridized carbons (Fsp3) is 0.353. The fourth-order valence-corrected chi connectivity index (χ4v) is 3.65. The van der Waals surface area contributed by atoms with Gasteiger partial charge in [-0.1, -0.05) is 37.3 Å². The van der Waals surface area contributed by atoms with E-state index in [-0.39, 0.29) is 5.91 Å². The maximum absolute atomic E-state index is 12.7. The number of thiazole rings is 1. The topological polar surface area (TPSA) is 70.5 Å². The minimum atomic E-state index is -0.941. The summed E-state index contributed by atoms with van der Waals surface area (Å²) in [5.74, 6) is -0.915. The molecule has 1 amide bonds. The monoisotopic (exact) mass is 330 g/mol. The van der Waals surface area contributed by atoms with Crippen LogP contribution in [0.3, 0.4) is 0 Å². The van der Waals surface area contributed by atoms with Crippen LogP contribution in [0.2, 0.25) is 0 Å². The first-order chi connectivity index (χ1) is 11.1. The van der Waals surface area contributed by atoms with E-state index in [1.54, 1.807) is 5.38 Å². The molecule has 0 spiro atoms. The molecule has 1 N–H and O–H groups in total. The number of aromatic nitrogens is 1. The van der Waals surface area contributed by atoms with Crippen molar-refractivity contribution in [1.82, 2.24) is 9.88 Å². The molecular formula is C17H18N2O3S. The van der Waals surface area contributed by atoms with Crippen molar-refractivity contribution in [3.05, 3.63) is 41.4 Å². The average Bonchev–Trinajstić information content (AvgIpc) is 3.05. The molecule has 2 atom stereocenters. The highest BCUT2D eigenvalue weighted by Gasteiger charge is 2.35. The van der Waals surface area contributed by atoms with Crippen LogP contribution >= 0.6 is 11.3 Å². The highest BCUT2D eigenvalue weighted by Crippen LogP contribution is 2.27. The van der Waals surface area contributed by atoms with Crippen LogP contribution in [-0.4, -0.2) is 39.5 Å². The molecule has 2 aromatic rings. The SMILES string of the molecule is CC1CCN(C(=O)c2csc(-c3ccccc3)n2)C(C(=O)O)C1. The quantitative estimate of drug-likeness (QED) is 0.938. The molecule has 5 nitrogen and oxygen atoms in total. The van der Waals surface area contributed by atoms with Gasteiger partial charge in [-0.3, -0.25) is 4.79 Å². The van der Waals surface area contributed by atoms with Crippen LogP contribution in [0.25, 0.3) is 10.6 Å². The predicted octanol–water partition coefficient (Wildman–Crippen LogP) is 3.14. The maximum atomic E-state index is 12.7. The lowest BCUT2D eigenvalue weighted by molar-refractivity contribution is -0.144. The number of amides is 1. The third kappa shape index (κ3) is 3.27. The van der Waals surface area contributed by atoms with Gasteiger partial charge in [-0.25, -0.2) is 9.78 Å². The molecule has 1 saturated heterocycles. The Hall–Kier alpha value is -2.21. The molecule has 120 valence electrons. The van der Waals surface area contributed by atoms with E-state index in [1.807, 2.05) is 37.3 Å². The van der Waals surface area contributed by atoms with Crippen molar-refractivity contribution in [2.75, 3.05) is 6.54 Å². The summed E-state index contributed by atoms with van der Waals surface area (Å²) in [5, 5.41) is 11.9. The highest BCUT2D eigenvalue weighted by atomic mass is 32.1. The molecule has 0 aliphatic carbocycles. The van der Waals surface area contributed by atoms with E-state index >= 15 is 0 Å². The molecule has 1 aliphatic rings. The number of hydrogen-bond acceptors (Lipinski definition) is 4. The highest BCUT2D eigenvalue weighted by molar-refractivity contribution is 7.13. The number of carboxylic acid groups (broad SMARTS) is 1. The van der Waals surface area contributed by atoms with Gasteiger partial charge in [0.25, 0.3) is 5.91 Å². The third-order valence-corrected chi connectivity index (χ3v) is 5.05. The molecule has 3 rings (SSSR count). The summed E-state index contributed by atoms with van der Waals surface area (Å²) in [6.45, 7) is 2.49. The second-order valence-corrected chi connectivity index (χ2v) is 6.74. The Morgan fingerprint density at radius 1 is 1.30 bits per heavy atom. The number of benzene rings is 1. The van der Waals surface area contributed by atoms with Gasteiger partial charge in [0, 0.05) is 17.5 Å². The van der Waals surface area contributed by atoms with Crippen molar-refractivity contribution in [1.29, 1.82) is 0 Å². The molecule has 1 fully saturated rings. The molecular weight excluding hydrogens is 312 g/mol. The lowest BCUT2D eigenvalue weighted by atomic mass is 9.92. The van der Waals surface area contributed by atoms with Gasteiger partial charge in [-0.15, -0.1) is 11.3 Å². The molecule has 0 saturated carbocycles. The number of piperidine rings is 1. The number of hydrogen-bond donors (Lipinski definition) is 1. The Bertz CT molecular complexity index is 714. The van der Waals surface area contributed by atoms with E-state index in [0.717, 1.165) is 17.0 Å². The van der Waals surface area contributed by atoms with Gasteiger partial charge in [0.15, 0.2) is 0 Å². The van der Waals surface area contributed by atoms with E-state index in [4.69, 9.17) is 0 Å². The molecule has 1 aliphatic heterocycles. The van der Waals surface area contributed by atoms with Gasteiger partial charge >= 0.3 is 5.97 Å². The number of aliphatic carboxylic acids is 1. The summed E-state index contributed by atoms with van der Waals surface area (Å²) in [7, 11) is 0. The van der Waals surface area contributed by atoms with Gasteiger partial charge in [0.05, 0.1) is 0 Å². The summed E-state index contributed by atoms with van der Waals surface area (Å²) in [6.07, 6.45) is 1.32. The van der Waals surface area contributed by atoms with E-state index < -0.39 is 12.0 Å². The van der Waals surface area contributed by atoms with Crippen LogP contribution in [0.1, 0.15) is 30.3 Å². The van der Waals surface area contributed by atoms with Crippen molar-refractivity contribution in [3.8, 4) is 10.6 Å². The lowest BCUT2D eigenvalue weighted by Crippen LogP contribution is -2.49. The number of carbonyl (C=O) groups excluding carboxylic acids is 1. The van der Waals surface area contributed by atoms with Gasteiger partial charge in [-0.05, 0) is 18.8 Å². The van der Waals surface area contributed by atoms with Crippen LogP contribution in [0.15, 0.2) is 35.7 Å². The van der Waals surface area contributed by atoms with Crippen LogP contribution in [0.5, 0.6) is 0 Å². The summed E-state index contributed by atoms with van der Waals surface area (Å²) in [5.41, 5.74) is 1.29. The number of rotatable bonds is 3. The Morgan fingerprint density at radius 2 is 2.04 bits per heavy atom. The van der Waals surface area contributed by atoms with Gasteiger partial charge in [0.2, 0.25) is 0 Å². The summed E-state index contributed by atoms with van der Waals surface area (Å²) < 4.78 is 0. The lowest BCUT2D eigenvalue weighted by Gasteiger charge is -2.35. The second kappa shape index (κ2) is 6.50. The van der Waals surface area contributed by atoms with Crippen molar-refractivity contribution >= 4 is 23.2 Å². The predicted molar refractivity (Wildman–Crippen MR) is 88.4 cm³/mol. The number of carboxylic acids is 1. The first-order valence-electron chi connectivity index (χ1n) is 7.61. The molecule has 0 radical (unpaired) electrons. The first-order valence-corrected chi connectivity index (χ1v) is 8.49. The van der Waals surface area contributed by atoms with Crippen LogP contribution in [0.4, 0.5) is 0 Å². The maximum Gasteiger partial charge on any atom is 0.326 e. The van der Waals surface area contributed by atoms with E-state index in [2.05, 4.69) is 4.98 Å². The molecule has 6 heteroatoms. The Morgan fingerprint density at radius 3 is 2.74 bits per heavy atom. The molecule has 2 heterocycles. The third-order valence-electron chi connectivity index (χ3n) is 4.15. The summed E-state index contributed by atoms with van der Waals surface area (Å²) in [4.78, 5) is 30.0. The minimum absolute atomic E-state index is 0.289. The normalized spacial score (nSPS) is 21.2. The summed E-state index contributed by atoms with van der Waals surface area (Å²) >= 11 is 1.40. The number of likely N-dealkylation sites (tertiary alicyclic amines) is 1. The number of carbonyl (C=O) groups is 2. The van der Waals surface area contributed by atoms with E-state index in [0.29, 0.717) is 24.6 Å². The average molecular weight is 330 g/mol. The van der Waals surface area contributed by atoms with Gasteiger partial charge in [-0.2, -0.15) is 0 Å². The van der Waals surface area contributed by atoms with Crippen molar-refractivity contribution in [2.45, 2.75) is 25.8 Å². The minimum Gasteiger partial charge on any atom is -0.480 e. The van der Waals surface area contributed by atoms with Crippen LogP contribution in [0, 0.1) is 5.92 Å². The molecule has 23 heavy (non-hydrogen) atoms. The van der Waals surface area contributed by atoms with Crippen molar-refractivity contribution in [3.63, 3.8) is 0 Å². The largest absolute Gasteiger partial charge is 0.480 e. The van der Waals surface area contributed by atoms with Crippen molar-refractivity contribution < 1.29 is 14.7 Å². The molecule has 1 aromatic carbocycles. The van der Waals surface area contributed by atoms with E-state index in [9.17, 15) is 14.7 Å². The summed E-state index contributed by atoms with van der Waals surface area (Å²) in [6, 6.07) is 8.89. The zero-order valence-electron chi connectivity index (χ0n) is 12.8. The van der Waals surface area contributed by atoms with Gasteiger partial charge < -0.3 is 10.0 Å².